The van der Waals surface area contributed by atoms with Crippen LogP contribution in [0.4, 0.5) is 17.1 Å². The standard InChI is InChI=1S/C58H38N2O/c1-2-15-39(16-3-1)40-29-33-43(34-30-40)59(53-25-10-8-22-49(53)52-38-57-58(50-23-5-4-19-46(50)52)51-24-9-13-28-56(51)61-57)44-35-31-41(32-36-44)42-17-14-18-45(37-42)60-54-26-11-6-20-47(54)48-21-7-12-27-55(48)60/h1-38H. The molecule has 3 nitrogen and oxygen atoms in total. The molecule has 0 saturated carbocycles. The first-order chi connectivity index (χ1) is 30.3. The fourth-order valence-corrected chi connectivity index (χ4v) is 9.40. The highest BCUT2D eigenvalue weighted by molar-refractivity contribution is 6.22. The Hall–Kier alpha value is -8.14. The second-order valence-corrected chi connectivity index (χ2v) is 15.7. The van der Waals surface area contributed by atoms with Gasteiger partial charge in [-0.1, -0.05) is 164 Å². The smallest absolute Gasteiger partial charge is 0.136 e. The zero-order chi connectivity index (χ0) is 40.3. The van der Waals surface area contributed by atoms with E-state index in [9.17, 15) is 0 Å². The van der Waals surface area contributed by atoms with Gasteiger partial charge in [0.1, 0.15) is 11.2 Å². The molecular formula is C58H38N2O. The van der Waals surface area contributed by atoms with Gasteiger partial charge in [0.25, 0.3) is 0 Å². The maximum Gasteiger partial charge on any atom is 0.136 e. The molecule has 61 heavy (non-hydrogen) atoms. The van der Waals surface area contributed by atoms with E-state index in [-0.39, 0.29) is 0 Å². The van der Waals surface area contributed by atoms with Crippen molar-refractivity contribution in [1.29, 1.82) is 0 Å². The zero-order valence-corrected chi connectivity index (χ0v) is 33.2. The number of nitrogens with zero attached hydrogens (tertiary/aromatic N) is 2. The fourth-order valence-electron chi connectivity index (χ4n) is 9.40. The highest BCUT2D eigenvalue weighted by atomic mass is 16.3. The Morgan fingerprint density at radius 2 is 0.852 bits per heavy atom. The van der Waals surface area contributed by atoms with Crippen molar-refractivity contribution >= 4 is 71.6 Å². The highest BCUT2D eigenvalue weighted by Crippen LogP contribution is 2.46. The molecule has 2 heterocycles. The Balaban J connectivity index is 1.00. The summed E-state index contributed by atoms with van der Waals surface area (Å²) in [5.74, 6) is 0. The van der Waals surface area contributed by atoms with Gasteiger partial charge in [-0.15, -0.1) is 0 Å². The van der Waals surface area contributed by atoms with E-state index < -0.39 is 0 Å². The quantitative estimate of drug-likeness (QED) is 0.161. The van der Waals surface area contributed by atoms with E-state index in [0.29, 0.717) is 0 Å². The molecule has 2 aromatic heterocycles. The summed E-state index contributed by atoms with van der Waals surface area (Å²) in [5, 5.41) is 7.17. The number of rotatable bonds is 7. The SMILES string of the molecule is c1ccc(-c2ccc(N(c3ccc(-c4cccc(-n5c6ccccc6c6ccccc65)c4)cc3)c3ccccc3-c3cc4oc5ccccc5c4c4ccccc34)cc2)cc1. The Kier molecular flexibility index (Phi) is 8.17. The fraction of sp³-hybridized carbons (Fsp3) is 0. The van der Waals surface area contributed by atoms with Crippen LogP contribution >= 0.6 is 0 Å². The average molecular weight is 779 g/mol. The van der Waals surface area contributed by atoms with Crippen LogP contribution in [0.15, 0.2) is 235 Å². The summed E-state index contributed by atoms with van der Waals surface area (Å²) in [7, 11) is 0. The van der Waals surface area contributed by atoms with E-state index in [0.717, 1.165) is 66.9 Å². The monoisotopic (exact) mass is 778 g/mol. The zero-order valence-electron chi connectivity index (χ0n) is 33.2. The maximum atomic E-state index is 6.56. The lowest BCUT2D eigenvalue weighted by Crippen LogP contribution is -2.11. The van der Waals surface area contributed by atoms with E-state index in [1.807, 2.05) is 6.07 Å². The molecular weight excluding hydrogens is 741 g/mol. The second kappa shape index (κ2) is 14.3. The summed E-state index contributed by atoms with van der Waals surface area (Å²) in [4.78, 5) is 2.39. The molecule has 0 aliphatic rings. The normalized spacial score (nSPS) is 11.6. The van der Waals surface area contributed by atoms with E-state index in [4.69, 9.17) is 4.42 Å². The predicted octanol–water partition coefficient (Wildman–Crippen LogP) is 16.3. The topological polar surface area (TPSA) is 21.3 Å². The lowest BCUT2D eigenvalue weighted by atomic mass is 9.93. The third-order valence-electron chi connectivity index (χ3n) is 12.2. The summed E-state index contributed by atoms with van der Waals surface area (Å²) in [6.45, 7) is 0. The molecule has 286 valence electrons. The molecule has 0 N–H and O–H groups in total. The summed E-state index contributed by atoms with van der Waals surface area (Å²) in [5.41, 5.74) is 15.5. The number of anilines is 3. The molecule has 0 bridgehead atoms. The van der Waals surface area contributed by atoms with Crippen LogP contribution < -0.4 is 4.90 Å². The summed E-state index contributed by atoms with van der Waals surface area (Å²) >= 11 is 0. The molecule has 0 amide bonds. The van der Waals surface area contributed by atoms with E-state index in [2.05, 4.69) is 234 Å². The minimum atomic E-state index is 0.885. The number of hydrogen-bond donors (Lipinski definition) is 0. The van der Waals surface area contributed by atoms with Crippen LogP contribution in [0, 0.1) is 0 Å². The van der Waals surface area contributed by atoms with Crippen LogP contribution in [0.5, 0.6) is 0 Å². The van der Waals surface area contributed by atoms with Gasteiger partial charge in [0.2, 0.25) is 0 Å². The van der Waals surface area contributed by atoms with E-state index in [1.54, 1.807) is 0 Å². The molecule has 0 aliphatic carbocycles. The van der Waals surface area contributed by atoms with Gasteiger partial charge in [0, 0.05) is 44.2 Å². The van der Waals surface area contributed by atoms with Crippen LogP contribution in [0.2, 0.25) is 0 Å². The predicted molar refractivity (Wildman–Crippen MR) is 257 cm³/mol. The maximum absolute atomic E-state index is 6.56. The number of aromatic nitrogens is 1. The Bertz CT molecular complexity index is 3520. The van der Waals surface area contributed by atoms with Gasteiger partial charge in [-0.05, 0) is 105 Å². The Labute approximate surface area is 353 Å². The first-order valence-corrected chi connectivity index (χ1v) is 20.8. The van der Waals surface area contributed by atoms with Gasteiger partial charge < -0.3 is 13.9 Å². The molecule has 0 atom stereocenters. The van der Waals surface area contributed by atoms with Crippen LogP contribution in [0.1, 0.15) is 0 Å². The Morgan fingerprint density at radius 1 is 0.328 bits per heavy atom. The number of fused-ring (bicyclic) bond motifs is 8. The third-order valence-corrected chi connectivity index (χ3v) is 12.2. The van der Waals surface area contributed by atoms with Gasteiger partial charge in [-0.3, -0.25) is 0 Å². The van der Waals surface area contributed by atoms with Crippen molar-refractivity contribution < 1.29 is 4.42 Å². The van der Waals surface area contributed by atoms with Gasteiger partial charge in [-0.25, -0.2) is 0 Å². The number of hydrogen-bond acceptors (Lipinski definition) is 2. The van der Waals surface area contributed by atoms with E-state index in [1.165, 1.54) is 43.7 Å². The van der Waals surface area contributed by atoms with Crippen molar-refractivity contribution in [3.63, 3.8) is 0 Å². The first kappa shape index (κ1) is 34.9. The molecule has 0 unspecified atom stereocenters. The molecule has 10 aromatic carbocycles. The molecule has 12 aromatic rings. The molecule has 3 heteroatoms. The lowest BCUT2D eigenvalue weighted by molar-refractivity contribution is 0.669. The largest absolute Gasteiger partial charge is 0.456 e. The van der Waals surface area contributed by atoms with Gasteiger partial charge >= 0.3 is 0 Å². The summed E-state index contributed by atoms with van der Waals surface area (Å²) in [6, 6.07) is 82.8. The minimum absolute atomic E-state index is 0.885. The molecule has 0 aliphatic heterocycles. The first-order valence-electron chi connectivity index (χ1n) is 20.8. The van der Waals surface area contributed by atoms with Crippen molar-refractivity contribution in [3.8, 4) is 39.1 Å². The van der Waals surface area contributed by atoms with Gasteiger partial charge in [0.05, 0.1) is 16.7 Å². The van der Waals surface area contributed by atoms with Crippen LogP contribution in [-0.4, -0.2) is 4.57 Å². The van der Waals surface area contributed by atoms with Gasteiger partial charge in [-0.2, -0.15) is 0 Å². The summed E-state index contributed by atoms with van der Waals surface area (Å²) < 4.78 is 8.94. The third kappa shape index (κ3) is 5.82. The highest BCUT2D eigenvalue weighted by Gasteiger charge is 2.21. The number of benzene rings is 10. The van der Waals surface area contributed by atoms with Crippen molar-refractivity contribution in [1.82, 2.24) is 4.57 Å². The van der Waals surface area contributed by atoms with Crippen LogP contribution in [-0.2, 0) is 0 Å². The second-order valence-electron chi connectivity index (χ2n) is 15.7. The number of para-hydroxylation sites is 4. The number of furan rings is 1. The average Bonchev–Trinajstić information content (AvgIpc) is 3.88. The van der Waals surface area contributed by atoms with Crippen molar-refractivity contribution in [2.24, 2.45) is 0 Å². The molecule has 0 saturated heterocycles. The van der Waals surface area contributed by atoms with E-state index >= 15 is 0 Å². The van der Waals surface area contributed by atoms with Crippen LogP contribution in [0.25, 0.3) is 93.6 Å². The van der Waals surface area contributed by atoms with Crippen molar-refractivity contribution in [3.05, 3.63) is 231 Å². The lowest BCUT2D eigenvalue weighted by Gasteiger charge is -2.28. The molecule has 0 fully saturated rings. The minimum Gasteiger partial charge on any atom is -0.456 e. The van der Waals surface area contributed by atoms with Crippen LogP contribution in [0.3, 0.4) is 0 Å². The summed E-state index contributed by atoms with van der Waals surface area (Å²) in [6.07, 6.45) is 0. The van der Waals surface area contributed by atoms with Crippen molar-refractivity contribution in [2.45, 2.75) is 0 Å². The molecule has 0 spiro atoms. The molecule has 12 rings (SSSR count). The molecule has 0 radical (unpaired) electrons. The van der Waals surface area contributed by atoms with Crippen molar-refractivity contribution in [2.75, 3.05) is 4.90 Å². The Morgan fingerprint density at radius 3 is 1.56 bits per heavy atom. The van der Waals surface area contributed by atoms with Gasteiger partial charge in [0.15, 0.2) is 0 Å².